The van der Waals surface area contributed by atoms with E-state index in [1.54, 1.807) is 12.1 Å². The lowest BCUT2D eigenvalue weighted by Crippen LogP contribution is -2.03. The minimum Gasteiger partial charge on any atom is -0.495 e. The third-order valence-corrected chi connectivity index (χ3v) is 2.97. The van der Waals surface area contributed by atoms with Crippen LogP contribution in [-0.2, 0) is 0 Å². The van der Waals surface area contributed by atoms with E-state index < -0.39 is 5.82 Å². The Balaban J connectivity index is 2.38. The SMILES string of the molecule is COc1ccc(C(=O)c2ccc(N)c(F)c2)cc1Cl. The number of ketones is 1. The van der Waals surface area contributed by atoms with Crippen LogP contribution in [0.4, 0.5) is 10.1 Å². The number of hydrogen-bond donors (Lipinski definition) is 1. The van der Waals surface area contributed by atoms with Crippen LogP contribution in [0.2, 0.25) is 5.02 Å². The van der Waals surface area contributed by atoms with Gasteiger partial charge in [-0.15, -0.1) is 0 Å². The molecule has 0 aliphatic heterocycles. The van der Waals surface area contributed by atoms with E-state index in [-0.39, 0.29) is 17.0 Å². The number of methoxy groups -OCH3 is 1. The Morgan fingerprint density at radius 1 is 1.21 bits per heavy atom. The Morgan fingerprint density at radius 2 is 1.84 bits per heavy atom. The summed E-state index contributed by atoms with van der Waals surface area (Å²) in [6.45, 7) is 0. The highest BCUT2D eigenvalue weighted by Gasteiger charge is 2.13. The first-order chi connectivity index (χ1) is 9.02. The number of hydrogen-bond acceptors (Lipinski definition) is 3. The Bertz CT molecular complexity index is 643. The maximum atomic E-state index is 13.3. The zero-order valence-corrected chi connectivity index (χ0v) is 10.9. The normalized spacial score (nSPS) is 10.3. The molecule has 98 valence electrons. The molecule has 3 nitrogen and oxygen atoms in total. The number of nitrogen functional groups attached to an aromatic ring is 1. The minimum atomic E-state index is -0.620. The molecule has 0 aliphatic carbocycles. The molecule has 2 aromatic carbocycles. The quantitative estimate of drug-likeness (QED) is 0.693. The summed E-state index contributed by atoms with van der Waals surface area (Å²) in [5.74, 6) is -0.476. The average molecular weight is 280 g/mol. The summed E-state index contributed by atoms with van der Waals surface area (Å²) >= 11 is 5.95. The average Bonchev–Trinajstić information content (AvgIpc) is 2.41. The summed E-state index contributed by atoms with van der Waals surface area (Å²) < 4.78 is 18.3. The van der Waals surface area contributed by atoms with Crippen molar-refractivity contribution in [2.24, 2.45) is 0 Å². The second-order valence-corrected chi connectivity index (χ2v) is 4.32. The molecule has 2 N–H and O–H groups in total. The molecule has 0 aliphatic rings. The lowest BCUT2D eigenvalue weighted by Gasteiger charge is -2.06. The van der Waals surface area contributed by atoms with Crippen LogP contribution in [0.25, 0.3) is 0 Å². The van der Waals surface area contributed by atoms with Crippen LogP contribution in [0.1, 0.15) is 15.9 Å². The van der Waals surface area contributed by atoms with Gasteiger partial charge in [-0.2, -0.15) is 0 Å². The van der Waals surface area contributed by atoms with E-state index >= 15 is 0 Å². The molecule has 0 saturated carbocycles. The van der Waals surface area contributed by atoms with E-state index in [1.165, 1.54) is 25.3 Å². The van der Waals surface area contributed by atoms with Crippen molar-refractivity contribution in [2.75, 3.05) is 12.8 Å². The zero-order chi connectivity index (χ0) is 14.0. The summed E-state index contributed by atoms with van der Waals surface area (Å²) in [5, 5.41) is 0.323. The molecule has 19 heavy (non-hydrogen) atoms. The van der Waals surface area contributed by atoms with Crippen molar-refractivity contribution in [3.05, 3.63) is 58.4 Å². The smallest absolute Gasteiger partial charge is 0.193 e. The molecule has 2 aromatic rings. The molecule has 0 bridgehead atoms. The summed E-state index contributed by atoms with van der Waals surface area (Å²) in [6, 6.07) is 8.57. The van der Waals surface area contributed by atoms with Gasteiger partial charge < -0.3 is 10.5 Å². The predicted molar refractivity (Wildman–Crippen MR) is 72.2 cm³/mol. The summed E-state index contributed by atoms with van der Waals surface area (Å²) in [4.78, 5) is 12.2. The van der Waals surface area contributed by atoms with Gasteiger partial charge in [0.2, 0.25) is 0 Å². The van der Waals surface area contributed by atoms with Crippen LogP contribution >= 0.6 is 11.6 Å². The largest absolute Gasteiger partial charge is 0.495 e. The van der Waals surface area contributed by atoms with Gasteiger partial charge in [0.05, 0.1) is 17.8 Å². The lowest BCUT2D eigenvalue weighted by molar-refractivity contribution is 0.103. The highest BCUT2D eigenvalue weighted by Crippen LogP contribution is 2.26. The fourth-order valence-electron chi connectivity index (χ4n) is 1.64. The van der Waals surface area contributed by atoms with Gasteiger partial charge >= 0.3 is 0 Å². The first kappa shape index (κ1) is 13.4. The number of ether oxygens (including phenoxy) is 1. The molecule has 5 heteroatoms. The molecule has 0 spiro atoms. The third-order valence-electron chi connectivity index (χ3n) is 2.68. The predicted octanol–water partition coefficient (Wildman–Crippen LogP) is 3.30. The molecule has 0 unspecified atom stereocenters. The summed E-state index contributed by atoms with van der Waals surface area (Å²) in [6.07, 6.45) is 0. The van der Waals surface area contributed by atoms with E-state index in [9.17, 15) is 9.18 Å². The Kier molecular flexibility index (Phi) is 3.71. The van der Waals surface area contributed by atoms with E-state index in [4.69, 9.17) is 22.1 Å². The van der Waals surface area contributed by atoms with E-state index in [1.807, 2.05) is 0 Å². The van der Waals surface area contributed by atoms with E-state index in [0.717, 1.165) is 6.07 Å². The van der Waals surface area contributed by atoms with Gasteiger partial charge in [-0.05, 0) is 36.4 Å². The van der Waals surface area contributed by atoms with Gasteiger partial charge in [-0.25, -0.2) is 4.39 Å². The Morgan fingerprint density at radius 3 is 2.42 bits per heavy atom. The molecule has 0 aromatic heterocycles. The number of nitrogens with two attached hydrogens (primary N) is 1. The van der Waals surface area contributed by atoms with E-state index in [2.05, 4.69) is 0 Å². The van der Waals surface area contributed by atoms with Gasteiger partial charge in [0.1, 0.15) is 11.6 Å². The Hall–Kier alpha value is -2.07. The molecule has 0 radical (unpaired) electrons. The standard InChI is InChI=1S/C14H11ClFNO2/c1-19-13-5-3-8(6-10(13)15)14(18)9-2-4-12(17)11(16)7-9/h2-7H,17H2,1H3. The fraction of sp³-hybridized carbons (Fsp3) is 0.0714. The van der Waals surface area contributed by atoms with Gasteiger partial charge in [0.25, 0.3) is 0 Å². The molecule has 0 heterocycles. The lowest BCUT2D eigenvalue weighted by atomic mass is 10.0. The van der Waals surface area contributed by atoms with Crippen molar-refractivity contribution in [2.45, 2.75) is 0 Å². The van der Waals surface area contributed by atoms with Crippen molar-refractivity contribution < 1.29 is 13.9 Å². The number of halogens is 2. The second-order valence-electron chi connectivity index (χ2n) is 3.91. The maximum Gasteiger partial charge on any atom is 0.193 e. The highest BCUT2D eigenvalue weighted by atomic mass is 35.5. The number of anilines is 1. The highest BCUT2D eigenvalue weighted by molar-refractivity contribution is 6.32. The van der Waals surface area contributed by atoms with Gasteiger partial charge in [-0.3, -0.25) is 4.79 Å². The van der Waals surface area contributed by atoms with Crippen LogP contribution in [0, 0.1) is 5.82 Å². The molecular formula is C14H11ClFNO2. The summed E-state index contributed by atoms with van der Waals surface area (Å²) in [7, 11) is 1.48. The monoisotopic (exact) mass is 279 g/mol. The van der Waals surface area contributed by atoms with Gasteiger partial charge in [0, 0.05) is 11.1 Å². The molecule has 0 saturated heterocycles. The van der Waals surface area contributed by atoms with E-state index in [0.29, 0.717) is 16.3 Å². The van der Waals surface area contributed by atoms with Crippen LogP contribution in [-0.4, -0.2) is 12.9 Å². The summed E-state index contributed by atoms with van der Waals surface area (Å²) in [5.41, 5.74) is 5.94. The molecular weight excluding hydrogens is 269 g/mol. The van der Waals surface area contributed by atoms with Crippen molar-refractivity contribution >= 4 is 23.1 Å². The topological polar surface area (TPSA) is 52.3 Å². The molecule has 0 amide bonds. The first-order valence-electron chi connectivity index (χ1n) is 5.46. The second kappa shape index (κ2) is 5.28. The van der Waals surface area contributed by atoms with Crippen LogP contribution in [0.15, 0.2) is 36.4 Å². The van der Waals surface area contributed by atoms with Crippen molar-refractivity contribution in [3.63, 3.8) is 0 Å². The minimum absolute atomic E-state index is 0.00399. The van der Waals surface area contributed by atoms with Gasteiger partial charge in [0.15, 0.2) is 5.78 Å². The van der Waals surface area contributed by atoms with Gasteiger partial charge in [-0.1, -0.05) is 11.6 Å². The van der Waals surface area contributed by atoms with Crippen molar-refractivity contribution in [3.8, 4) is 5.75 Å². The van der Waals surface area contributed by atoms with Crippen LogP contribution in [0.5, 0.6) is 5.75 Å². The number of carbonyl (C=O) groups is 1. The molecule has 0 fully saturated rings. The zero-order valence-electron chi connectivity index (χ0n) is 10.1. The van der Waals surface area contributed by atoms with Crippen molar-refractivity contribution in [1.82, 2.24) is 0 Å². The van der Waals surface area contributed by atoms with Crippen LogP contribution < -0.4 is 10.5 Å². The fourth-order valence-corrected chi connectivity index (χ4v) is 1.90. The first-order valence-corrected chi connectivity index (χ1v) is 5.84. The number of benzene rings is 2. The Labute approximate surface area is 114 Å². The maximum absolute atomic E-state index is 13.3. The third kappa shape index (κ3) is 2.69. The number of rotatable bonds is 3. The molecule has 2 rings (SSSR count). The molecule has 0 atom stereocenters. The van der Waals surface area contributed by atoms with Crippen LogP contribution in [0.3, 0.4) is 0 Å². The van der Waals surface area contributed by atoms with Crippen molar-refractivity contribution in [1.29, 1.82) is 0 Å². The number of carbonyl (C=O) groups excluding carboxylic acids is 1.